The average Bonchev–Trinajstić information content (AvgIpc) is 2.88. The summed E-state index contributed by atoms with van der Waals surface area (Å²) in [6.45, 7) is 2.80. The maximum Gasteiger partial charge on any atom is 0.573 e. The smallest absolute Gasteiger partial charge is 0.497 e. The molecule has 2 aromatic carbocycles. The number of fused-ring (bicyclic) bond motifs is 1. The number of halogens is 3. The maximum absolute atomic E-state index is 12.5. The Morgan fingerprint density at radius 2 is 1.97 bits per heavy atom. The molecule has 0 spiro atoms. The first kappa shape index (κ1) is 27.5. The Bertz CT molecular complexity index is 1160. The first-order chi connectivity index (χ1) is 17.8. The summed E-state index contributed by atoms with van der Waals surface area (Å²) in [6, 6.07) is 14.1. The summed E-state index contributed by atoms with van der Waals surface area (Å²) in [5.74, 6) is 2.11. The van der Waals surface area contributed by atoms with Gasteiger partial charge in [-0.2, -0.15) is 0 Å². The van der Waals surface area contributed by atoms with Crippen molar-refractivity contribution in [3.63, 3.8) is 0 Å². The lowest BCUT2D eigenvalue weighted by atomic mass is 9.82. The Kier molecular flexibility index (Phi) is 9.56. The molecule has 3 aromatic rings. The van der Waals surface area contributed by atoms with E-state index in [4.69, 9.17) is 4.74 Å². The van der Waals surface area contributed by atoms with E-state index in [-0.39, 0.29) is 18.3 Å². The molecule has 0 bridgehead atoms. The third kappa shape index (κ3) is 7.99. The Morgan fingerprint density at radius 3 is 2.76 bits per heavy atom. The van der Waals surface area contributed by atoms with Crippen LogP contribution in [0.15, 0.2) is 59.6 Å². The summed E-state index contributed by atoms with van der Waals surface area (Å²) in [5, 5.41) is 11.2. The molecule has 0 aliphatic carbocycles. The fourth-order valence-electron chi connectivity index (χ4n) is 5.08. The second kappa shape index (κ2) is 12.8. The lowest BCUT2D eigenvalue weighted by molar-refractivity contribution is -0.274. The van der Waals surface area contributed by atoms with Crippen molar-refractivity contribution < 1.29 is 27.8 Å². The molecule has 1 aliphatic rings. The van der Waals surface area contributed by atoms with E-state index in [0.717, 1.165) is 72.6 Å². The lowest BCUT2D eigenvalue weighted by Gasteiger charge is -2.38. The summed E-state index contributed by atoms with van der Waals surface area (Å²) in [7, 11) is 1.67. The van der Waals surface area contributed by atoms with Gasteiger partial charge < -0.3 is 19.5 Å². The van der Waals surface area contributed by atoms with Crippen LogP contribution in [0.3, 0.4) is 0 Å². The van der Waals surface area contributed by atoms with Crippen molar-refractivity contribution in [2.45, 2.75) is 36.9 Å². The molecule has 0 unspecified atom stereocenters. The van der Waals surface area contributed by atoms with Crippen molar-refractivity contribution >= 4 is 22.7 Å². The number of methoxy groups -OCH3 is 1. The van der Waals surface area contributed by atoms with Crippen LogP contribution in [0, 0.1) is 11.8 Å². The number of thioether (sulfide) groups is 1. The highest BCUT2D eigenvalue weighted by atomic mass is 32.2. The number of benzene rings is 2. The van der Waals surface area contributed by atoms with Crippen LogP contribution in [0.25, 0.3) is 10.9 Å². The number of ether oxygens (including phenoxy) is 2. The minimum Gasteiger partial charge on any atom is -0.497 e. The van der Waals surface area contributed by atoms with E-state index in [9.17, 15) is 18.3 Å². The van der Waals surface area contributed by atoms with Crippen LogP contribution in [-0.2, 0) is 6.42 Å². The van der Waals surface area contributed by atoms with Crippen molar-refractivity contribution in [2.24, 2.45) is 11.8 Å². The van der Waals surface area contributed by atoms with Crippen molar-refractivity contribution in [1.82, 2.24) is 9.88 Å². The monoisotopic (exact) mass is 534 g/mol. The number of rotatable bonds is 11. The normalized spacial score (nSPS) is 18.7. The summed E-state index contributed by atoms with van der Waals surface area (Å²) in [6.07, 6.45) is 1.27. The molecule has 1 aromatic heterocycles. The first-order valence-electron chi connectivity index (χ1n) is 12.6. The summed E-state index contributed by atoms with van der Waals surface area (Å²) >= 11 is 1.51. The first-order valence-corrected chi connectivity index (χ1v) is 13.6. The van der Waals surface area contributed by atoms with E-state index in [2.05, 4.69) is 20.7 Å². The number of piperidine rings is 1. The van der Waals surface area contributed by atoms with Crippen LogP contribution in [0.1, 0.15) is 24.8 Å². The van der Waals surface area contributed by atoms with Gasteiger partial charge >= 0.3 is 6.36 Å². The van der Waals surface area contributed by atoms with Crippen molar-refractivity contribution in [3.8, 4) is 11.5 Å². The number of aliphatic hydroxyl groups is 1. The van der Waals surface area contributed by atoms with E-state index in [1.165, 1.54) is 29.5 Å². The predicted molar refractivity (Wildman–Crippen MR) is 140 cm³/mol. The van der Waals surface area contributed by atoms with E-state index in [1.54, 1.807) is 19.2 Å². The average molecular weight is 535 g/mol. The van der Waals surface area contributed by atoms with Gasteiger partial charge in [0.1, 0.15) is 11.5 Å². The topological polar surface area (TPSA) is 54.8 Å². The number of alkyl halides is 3. The lowest BCUT2D eigenvalue weighted by Crippen LogP contribution is -2.42. The van der Waals surface area contributed by atoms with Gasteiger partial charge in [-0.3, -0.25) is 4.98 Å². The highest BCUT2D eigenvalue weighted by molar-refractivity contribution is 7.99. The molecule has 1 N–H and O–H groups in total. The molecule has 1 fully saturated rings. The van der Waals surface area contributed by atoms with Crippen LogP contribution in [0.2, 0.25) is 0 Å². The Hall–Kier alpha value is -2.49. The molecule has 200 valence electrons. The maximum atomic E-state index is 12.5. The van der Waals surface area contributed by atoms with Gasteiger partial charge in [-0.25, -0.2) is 0 Å². The molecule has 1 aliphatic heterocycles. The third-order valence-electron chi connectivity index (χ3n) is 6.99. The van der Waals surface area contributed by atoms with Crippen LogP contribution < -0.4 is 9.47 Å². The molecule has 0 radical (unpaired) electrons. The van der Waals surface area contributed by atoms with E-state index in [1.807, 2.05) is 24.4 Å². The van der Waals surface area contributed by atoms with Gasteiger partial charge in [0.25, 0.3) is 0 Å². The number of hydrogen-bond donors (Lipinski definition) is 1. The van der Waals surface area contributed by atoms with Crippen LogP contribution >= 0.6 is 11.8 Å². The molecule has 2 heterocycles. The summed E-state index contributed by atoms with van der Waals surface area (Å²) in [4.78, 5) is 7.56. The molecule has 4 rings (SSSR count). The number of hydrogen-bond acceptors (Lipinski definition) is 6. The number of aryl methyl sites for hydroxylation is 1. The Labute approximate surface area is 220 Å². The van der Waals surface area contributed by atoms with Crippen LogP contribution in [-0.4, -0.2) is 60.5 Å². The van der Waals surface area contributed by atoms with Gasteiger partial charge in [0.15, 0.2) is 0 Å². The number of pyridine rings is 1. The largest absolute Gasteiger partial charge is 0.573 e. The fraction of sp³-hybridized carbons (Fsp3) is 0.464. The van der Waals surface area contributed by atoms with Gasteiger partial charge in [-0.15, -0.1) is 24.9 Å². The molecule has 9 heteroatoms. The van der Waals surface area contributed by atoms with Crippen LogP contribution in [0.5, 0.6) is 11.5 Å². The van der Waals surface area contributed by atoms with Crippen LogP contribution in [0.4, 0.5) is 13.2 Å². The zero-order chi connectivity index (χ0) is 26.3. The third-order valence-corrected chi connectivity index (χ3v) is 7.96. The van der Waals surface area contributed by atoms with Gasteiger partial charge in [0, 0.05) is 41.9 Å². The van der Waals surface area contributed by atoms with Crippen molar-refractivity contribution in [1.29, 1.82) is 0 Å². The summed E-state index contributed by atoms with van der Waals surface area (Å²) in [5.41, 5.74) is 2.24. The second-order valence-electron chi connectivity index (χ2n) is 9.41. The molecular formula is C28H33F3N2O3S. The number of nitrogens with zero attached hydrogens (tertiary/aromatic N) is 2. The molecular weight excluding hydrogens is 501 g/mol. The minimum atomic E-state index is -4.69. The molecule has 0 saturated carbocycles. The second-order valence-corrected chi connectivity index (χ2v) is 10.6. The van der Waals surface area contributed by atoms with Gasteiger partial charge in [-0.1, -0.05) is 6.07 Å². The van der Waals surface area contributed by atoms with Gasteiger partial charge in [-0.05, 0) is 92.1 Å². The fourth-order valence-corrected chi connectivity index (χ4v) is 6.04. The Balaban J connectivity index is 1.23. The number of aliphatic hydroxyl groups excluding tert-OH is 1. The summed E-state index contributed by atoms with van der Waals surface area (Å²) < 4.78 is 46.8. The molecule has 5 nitrogen and oxygen atoms in total. The van der Waals surface area contributed by atoms with E-state index in [0.29, 0.717) is 5.92 Å². The van der Waals surface area contributed by atoms with Gasteiger partial charge in [0.2, 0.25) is 0 Å². The zero-order valence-corrected chi connectivity index (χ0v) is 21.7. The molecule has 2 atom stereocenters. The standard InChI is InChI=1S/C28H33F3N2O3S/c1-35-23-8-9-27-26(17-23)21(10-12-32-27)5-2-4-20-11-13-33(18-22(20)19-34)14-15-37-25-7-3-6-24(16-25)36-28(29,30)31/h3,6-10,12,16-17,20,22,34H,2,4-5,11,13-15,18-19H2,1H3/t20-,22-/m1/s1. The SMILES string of the molecule is COc1ccc2nccc(CCC[C@@H]3CCN(CCSc4cccc(OC(F)(F)F)c4)C[C@@H]3CO)c2c1. The highest BCUT2D eigenvalue weighted by Gasteiger charge is 2.31. The Morgan fingerprint density at radius 1 is 1.11 bits per heavy atom. The zero-order valence-electron chi connectivity index (χ0n) is 20.9. The predicted octanol–water partition coefficient (Wildman–Crippen LogP) is 6.19. The molecule has 37 heavy (non-hydrogen) atoms. The van der Waals surface area contributed by atoms with E-state index < -0.39 is 6.36 Å². The van der Waals surface area contributed by atoms with E-state index >= 15 is 0 Å². The quantitative estimate of drug-likeness (QED) is 0.296. The van der Waals surface area contributed by atoms with Crippen molar-refractivity contribution in [2.75, 3.05) is 39.1 Å². The van der Waals surface area contributed by atoms with Crippen molar-refractivity contribution in [3.05, 3.63) is 60.3 Å². The molecule has 1 saturated heterocycles. The number of likely N-dealkylation sites (tertiary alicyclic amines) is 1. The minimum absolute atomic E-state index is 0.167. The van der Waals surface area contributed by atoms with Gasteiger partial charge in [0.05, 0.1) is 12.6 Å². The number of aromatic nitrogens is 1. The molecule has 0 amide bonds. The highest BCUT2D eigenvalue weighted by Crippen LogP contribution is 2.31.